The van der Waals surface area contributed by atoms with E-state index in [1.54, 1.807) is 7.11 Å². The largest absolute Gasteiger partial charge is 0.383 e. The Morgan fingerprint density at radius 3 is 3.06 bits per heavy atom. The molecule has 1 aliphatic rings. The number of carbonyl (C=O) groups is 1. The fraction of sp³-hybridized carbons (Fsp3) is 0.923. The molecule has 1 unspecified atom stereocenters. The van der Waals surface area contributed by atoms with Crippen LogP contribution in [0.25, 0.3) is 0 Å². The lowest BCUT2D eigenvalue weighted by Crippen LogP contribution is -2.41. The Bertz CT molecular complexity index is 236. The standard InChI is InChI=1S/C13H27N3O2/c1-14-7-3-6-13(17)15-11-12-5-4-8-16(12)9-10-18-2/h12,14H,3-11H2,1-2H3,(H,15,17). The van der Waals surface area contributed by atoms with E-state index < -0.39 is 0 Å². The monoisotopic (exact) mass is 257 g/mol. The lowest BCUT2D eigenvalue weighted by molar-refractivity contribution is -0.121. The van der Waals surface area contributed by atoms with Crippen LogP contribution in [0.5, 0.6) is 0 Å². The molecule has 2 N–H and O–H groups in total. The van der Waals surface area contributed by atoms with Crippen molar-refractivity contribution in [3.05, 3.63) is 0 Å². The number of likely N-dealkylation sites (tertiary alicyclic amines) is 1. The van der Waals surface area contributed by atoms with Gasteiger partial charge in [-0.25, -0.2) is 0 Å². The lowest BCUT2D eigenvalue weighted by Gasteiger charge is -2.24. The second-order valence-electron chi connectivity index (χ2n) is 4.84. The van der Waals surface area contributed by atoms with E-state index in [0.717, 1.165) is 39.2 Å². The molecule has 18 heavy (non-hydrogen) atoms. The SMILES string of the molecule is CNCCCC(=O)NCC1CCCN1CCOC. The highest BCUT2D eigenvalue weighted by Crippen LogP contribution is 2.15. The summed E-state index contributed by atoms with van der Waals surface area (Å²) in [6, 6.07) is 0.494. The van der Waals surface area contributed by atoms with Gasteiger partial charge in [-0.05, 0) is 39.4 Å². The second-order valence-corrected chi connectivity index (χ2v) is 4.84. The molecular weight excluding hydrogens is 230 g/mol. The van der Waals surface area contributed by atoms with Crippen LogP contribution in [0.4, 0.5) is 0 Å². The molecule has 0 aliphatic carbocycles. The summed E-state index contributed by atoms with van der Waals surface area (Å²) in [6.45, 7) is 4.55. The third-order valence-corrected chi connectivity index (χ3v) is 3.45. The van der Waals surface area contributed by atoms with Gasteiger partial charge < -0.3 is 15.4 Å². The van der Waals surface area contributed by atoms with Gasteiger partial charge in [0.2, 0.25) is 5.91 Å². The molecular formula is C13H27N3O2. The molecule has 0 bridgehead atoms. The van der Waals surface area contributed by atoms with Crippen LogP contribution in [0, 0.1) is 0 Å². The van der Waals surface area contributed by atoms with Gasteiger partial charge in [0.25, 0.3) is 0 Å². The molecule has 1 atom stereocenters. The number of nitrogens with one attached hydrogen (secondary N) is 2. The molecule has 1 fully saturated rings. The summed E-state index contributed by atoms with van der Waals surface area (Å²) in [7, 11) is 3.64. The number of hydrogen-bond donors (Lipinski definition) is 2. The van der Waals surface area contributed by atoms with Crippen LogP contribution >= 0.6 is 0 Å². The van der Waals surface area contributed by atoms with Crippen LogP contribution in [0.2, 0.25) is 0 Å². The maximum atomic E-state index is 11.6. The summed E-state index contributed by atoms with van der Waals surface area (Å²) >= 11 is 0. The molecule has 0 aromatic rings. The Labute approximate surface area is 110 Å². The minimum atomic E-state index is 0.170. The predicted octanol–water partition coefficient (Wildman–Crippen LogP) is 0.213. The van der Waals surface area contributed by atoms with Crippen LogP contribution in [0.1, 0.15) is 25.7 Å². The molecule has 0 aromatic carbocycles. The van der Waals surface area contributed by atoms with Crippen molar-refractivity contribution in [1.82, 2.24) is 15.5 Å². The van der Waals surface area contributed by atoms with Crippen LogP contribution in [0.3, 0.4) is 0 Å². The van der Waals surface area contributed by atoms with Gasteiger partial charge in [0, 0.05) is 32.7 Å². The first-order chi connectivity index (χ1) is 8.77. The fourth-order valence-corrected chi connectivity index (χ4v) is 2.37. The summed E-state index contributed by atoms with van der Waals surface area (Å²) in [4.78, 5) is 14.0. The summed E-state index contributed by atoms with van der Waals surface area (Å²) in [6.07, 6.45) is 3.93. The van der Waals surface area contributed by atoms with Crippen molar-refractivity contribution >= 4 is 5.91 Å². The third kappa shape index (κ3) is 5.80. The van der Waals surface area contributed by atoms with E-state index in [-0.39, 0.29) is 5.91 Å². The van der Waals surface area contributed by atoms with Crippen LogP contribution in [0.15, 0.2) is 0 Å². The van der Waals surface area contributed by atoms with E-state index in [1.165, 1.54) is 12.8 Å². The number of rotatable bonds is 9. The van der Waals surface area contributed by atoms with Crippen LogP contribution in [-0.2, 0) is 9.53 Å². The predicted molar refractivity (Wildman–Crippen MR) is 72.6 cm³/mol. The van der Waals surface area contributed by atoms with Crippen LogP contribution < -0.4 is 10.6 Å². The molecule has 0 aromatic heterocycles. The zero-order chi connectivity index (χ0) is 13.2. The first-order valence-corrected chi connectivity index (χ1v) is 6.92. The highest BCUT2D eigenvalue weighted by molar-refractivity contribution is 5.75. The topological polar surface area (TPSA) is 53.6 Å². The van der Waals surface area contributed by atoms with Gasteiger partial charge in [0.15, 0.2) is 0 Å². The zero-order valence-electron chi connectivity index (χ0n) is 11.7. The third-order valence-electron chi connectivity index (χ3n) is 3.45. The summed E-state index contributed by atoms with van der Waals surface area (Å²) < 4.78 is 5.11. The maximum Gasteiger partial charge on any atom is 0.220 e. The van der Waals surface area contributed by atoms with E-state index in [0.29, 0.717) is 12.5 Å². The normalized spacial score (nSPS) is 20.2. The molecule has 0 radical (unpaired) electrons. The van der Waals surface area contributed by atoms with Crippen molar-refractivity contribution in [3.8, 4) is 0 Å². The Balaban J connectivity index is 2.14. The average molecular weight is 257 g/mol. The van der Waals surface area contributed by atoms with Crippen molar-refractivity contribution < 1.29 is 9.53 Å². The molecule has 0 spiro atoms. The number of ether oxygens (including phenoxy) is 1. The number of hydrogen-bond acceptors (Lipinski definition) is 4. The van der Waals surface area contributed by atoms with Crippen LogP contribution in [-0.4, -0.2) is 63.8 Å². The van der Waals surface area contributed by atoms with E-state index >= 15 is 0 Å². The minimum Gasteiger partial charge on any atom is -0.383 e. The zero-order valence-corrected chi connectivity index (χ0v) is 11.7. The van der Waals surface area contributed by atoms with Gasteiger partial charge in [-0.15, -0.1) is 0 Å². The molecule has 5 heteroatoms. The highest BCUT2D eigenvalue weighted by Gasteiger charge is 2.24. The summed E-state index contributed by atoms with van der Waals surface area (Å²) in [5, 5.41) is 6.09. The maximum absolute atomic E-state index is 11.6. The van der Waals surface area contributed by atoms with Crippen molar-refractivity contribution in [3.63, 3.8) is 0 Å². The van der Waals surface area contributed by atoms with Gasteiger partial charge in [-0.1, -0.05) is 0 Å². The fourth-order valence-electron chi connectivity index (χ4n) is 2.37. The Morgan fingerprint density at radius 1 is 1.50 bits per heavy atom. The van der Waals surface area contributed by atoms with Gasteiger partial charge in [0.1, 0.15) is 0 Å². The number of nitrogens with zero attached hydrogens (tertiary/aromatic N) is 1. The van der Waals surface area contributed by atoms with Gasteiger partial charge in [-0.2, -0.15) is 0 Å². The van der Waals surface area contributed by atoms with E-state index in [1.807, 2.05) is 7.05 Å². The van der Waals surface area contributed by atoms with Gasteiger partial charge in [-0.3, -0.25) is 9.69 Å². The van der Waals surface area contributed by atoms with Gasteiger partial charge >= 0.3 is 0 Å². The van der Waals surface area contributed by atoms with E-state index in [2.05, 4.69) is 15.5 Å². The Hall–Kier alpha value is -0.650. The number of amides is 1. The molecule has 1 saturated heterocycles. The molecule has 1 heterocycles. The average Bonchev–Trinajstić information content (AvgIpc) is 2.81. The Kier molecular flexibility index (Phi) is 7.96. The van der Waals surface area contributed by atoms with Gasteiger partial charge in [0.05, 0.1) is 6.61 Å². The number of methoxy groups -OCH3 is 1. The summed E-state index contributed by atoms with van der Waals surface area (Å²) in [5.41, 5.74) is 0. The molecule has 5 nitrogen and oxygen atoms in total. The Morgan fingerprint density at radius 2 is 2.33 bits per heavy atom. The molecule has 106 valence electrons. The number of carbonyl (C=O) groups excluding carboxylic acids is 1. The molecule has 1 amide bonds. The quantitative estimate of drug-likeness (QED) is 0.580. The highest BCUT2D eigenvalue weighted by atomic mass is 16.5. The molecule has 1 aliphatic heterocycles. The van der Waals surface area contributed by atoms with Crippen molar-refractivity contribution in [2.24, 2.45) is 0 Å². The first-order valence-electron chi connectivity index (χ1n) is 6.92. The molecule has 1 rings (SSSR count). The minimum absolute atomic E-state index is 0.170. The van der Waals surface area contributed by atoms with Crippen molar-refractivity contribution in [2.45, 2.75) is 31.7 Å². The van der Waals surface area contributed by atoms with E-state index in [4.69, 9.17) is 4.74 Å². The lowest BCUT2D eigenvalue weighted by atomic mass is 10.2. The van der Waals surface area contributed by atoms with Crippen molar-refractivity contribution in [1.29, 1.82) is 0 Å². The molecule has 0 saturated carbocycles. The van der Waals surface area contributed by atoms with Crippen molar-refractivity contribution in [2.75, 3.05) is 46.9 Å². The second kappa shape index (κ2) is 9.30. The smallest absolute Gasteiger partial charge is 0.220 e. The van der Waals surface area contributed by atoms with E-state index in [9.17, 15) is 4.79 Å². The first kappa shape index (κ1) is 15.4. The summed E-state index contributed by atoms with van der Waals surface area (Å²) in [5.74, 6) is 0.170.